The van der Waals surface area contributed by atoms with E-state index in [1.807, 2.05) is 0 Å². The number of amides is 1. The van der Waals surface area contributed by atoms with E-state index in [0.717, 1.165) is 37.6 Å². The van der Waals surface area contributed by atoms with Crippen molar-refractivity contribution in [3.8, 4) is 0 Å². The first kappa shape index (κ1) is 17.7. The first-order valence-corrected chi connectivity index (χ1v) is 9.79. The van der Waals surface area contributed by atoms with Crippen LogP contribution in [0.4, 0.5) is 13.2 Å². The molecular weight excluding hydrogens is 365 g/mol. The predicted octanol–water partition coefficient (Wildman–Crippen LogP) is 3.81. The van der Waals surface area contributed by atoms with Crippen LogP contribution in [0.2, 0.25) is 0 Å². The molecule has 6 heteroatoms. The zero-order chi connectivity index (χ0) is 19.4. The smallest absolute Gasteiger partial charge is 0.257 e. The van der Waals surface area contributed by atoms with Gasteiger partial charge in [0.15, 0.2) is 11.6 Å². The normalized spacial score (nSPS) is 31.1. The van der Waals surface area contributed by atoms with E-state index in [2.05, 4.69) is 4.90 Å². The van der Waals surface area contributed by atoms with Crippen molar-refractivity contribution in [3.05, 3.63) is 71.0 Å². The van der Waals surface area contributed by atoms with Crippen molar-refractivity contribution in [1.82, 2.24) is 9.80 Å². The summed E-state index contributed by atoms with van der Waals surface area (Å²) in [6.45, 7) is 2.41. The summed E-state index contributed by atoms with van der Waals surface area (Å²) in [5.74, 6) is -2.44. The van der Waals surface area contributed by atoms with Crippen molar-refractivity contribution >= 4 is 5.91 Å². The van der Waals surface area contributed by atoms with Crippen molar-refractivity contribution in [2.75, 3.05) is 19.6 Å². The second kappa shape index (κ2) is 6.62. The quantitative estimate of drug-likeness (QED) is 0.784. The molecule has 6 rings (SSSR count). The molecular formula is C22H21F3N2O. The zero-order valence-corrected chi connectivity index (χ0v) is 15.3. The summed E-state index contributed by atoms with van der Waals surface area (Å²) in [6, 6.07) is 10.3. The van der Waals surface area contributed by atoms with Gasteiger partial charge in [0.1, 0.15) is 5.82 Å². The average molecular weight is 386 g/mol. The molecule has 3 nitrogen and oxygen atoms in total. The molecule has 0 saturated carbocycles. The Hall–Kier alpha value is -2.34. The second-order valence-corrected chi connectivity index (χ2v) is 8.07. The van der Waals surface area contributed by atoms with Crippen LogP contribution in [-0.4, -0.2) is 47.4 Å². The van der Waals surface area contributed by atoms with Crippen LogP contribution >= 0.6 is 0 Å². The maximum absolute atomic E-state index is 14.3. The average Bonchev–Trinajstić information content (AvgIpc) is 3.14. The van der Waals surface area contributed by atoms with Crippen LogP contribution in [0.15, 0.2) is 42.5 Å². The van der Waals surface area contributed by atoms with E-state index in [4.69, 9.17) is 0 Å². The topological polar surface area (TPSA) is 23.6 Å². The number of likely N-dealkylation sites (tertiary alicyclic amines) is 1. The Labute approximate surface area is 161 Å². The van der Waals surface area contributed by atoms with E-state index in [0.29, 0.717) is 12.5 Å². The summed E-state index contributed by atoms with van der Waals surface area (Å²) in [5, 5.41) is 0. The molecule has 4 fully saturated rings. The Morgan fingerprint density at radius 2 is 1.64 bits per heavy atom. The van der Waals surface area contributed by atoms with Gasteiger partial charge in [-0.1, -0.05) is 18.2 Å². The maximum Gasteiger partial charge on any atom is 0.257 e. The van der Waals surface area contributed by atoms with Crippen molar-refractivity contribution in [3.63, 3.8) is 0 Å². The van der Waals surface area contributed by atoms with E-state index in [1.165, 1.54) is 24.3 Å². The predicted molar refractivity (Wildman–Crippen MR) is 98.4 cm³/mol. The summed E-state index contributed by atoms with van der Waals surface area (Å²) < 4.78 is 41.4. The number of fused-ring (bicyclic) bond motifs is 2. The lowest BCUT2D eigenvalue weighted by Crippen LogP contribution is -2.60. The Kier molecular flexibility index (Phi) is 4.19. The molecule has 0 spiro atoms. The minimum absolute atomic E-state index is 0.0206. The fourth-order valence-electron chi connectivity index (χ4n) is 5.48. The third-order valence-corrected chi connectivity index (χ3v) is 6.74. The molecule has 2 bridgehead atoms. The van der Waals surface area contributed by atoms with Gasteiger partial charge in [0.2, 0.25) is 0 Å². The van der Waals surface area contributed by atoms with E-state index < -0.39 is 17.5 Å². The minimum atomic E-state index is -1.09. The number of nitrogens with zero attached hydrogens (tertiary/aromatic N) is 2. The molecule has 3 atom stereocenters. The van der Waals surface area contributed by atoms with E-state index in [1.54, 1.807) is 17.0 Å². The van der Waals surface area contributed by atoms with Crippen LogP contribution in [0.1, 0.15) is 34.7 Å². The summed E-state index contributed by atoms with van der Waals surface area (Å²) >= 11 is 0. The van der Waals surface area contributed by atoms with Gasteiger partial charge < -0.3 is 4.90 Å². The molecule has 1 amide bonds. The molecule has 0 radical (unpaired) electrons. The highest BCUT2D eigenvalue weighted by Crippen LogP contribution is 2.47. The fourth-order valence-corrected chi connectivity index (χ4v) is 5.48. The van der Waals surface area contributed by atoms with Gasteiger partial charge in [-0.25, -0.2) is 13.2 Å². The molecule has 0 unspecified atom stereocenters. The highest BCUT2D eigenvalue weighted by Gasteiger charge is 2.54. The highest BCUT2D eigenvalue weighted by atomic mass is 19.2. The maximum atomic E-state index is 14.3. The molecule has 0 aromatic heterocycles. The lowest BCUT2D eigenvalue weighted by molar-refractivity contribution is -0.00356. The molecule has 2 aromatic carbocycles. The van der Waals surface area contributed by atoms with Gasteiger partial charge in [-0.2, -0.15) is 0 Å². The van der Waals surface area contributed by atoms with Crippen LogP contribution in [0.25, 0.3) is 0 Å². The number of carbonyl (C=O) groups excluding carboxylic acids is 1. The highest BCUT2D eigenvalue weighted by molar-refractivity contribution is 5.95. The van der Waals surface area contributed by atoms with E-state index >= 15 is 0 Å². The molecule has 2 aromatic rings. The Bertz CT molecular complexity index is 908. The third kappa shape index (κ3) is 2.65. The lowest BCUT2D eigenvalue weighted by atomic mass is 9.75. The standard InChI is InChI=1S/C22H21F3N2O/c23-15-6-4-13(5-7-15)17-12-27(20-14-8-10-26(11-9-14)21(17)20)22(28)16-2-1-3-18(24)19(16)25/h1-7,14,17,20-21H,8-12H2/t17-,20+,21+/m1/s1. The van der Waals surface area contributed by atoms with Gasteiger partial charge >= 0.3 is 0 Å². The van der Waals surface area contributed by atoms with Crippen LogP contribution in [0.5, 0.6) is 0 Å². The lowest BCUT2D eigenvalue weighted by Gasteiger charge is -2.51. The number of halogens is 3. The Morgan fingerprint density at radius 1 is 0.929 bits per heavy atom. The van der Waals surface area contributed by atoms with Gasteiger partial charge in [0.25, 0.3) is 5.91 Å². The molecule has 4 saturated heterocycles. The Balaban J connectivity index is 1.54. The first-order valence-electron chi connectivity index (χ1n) is 9.79. The van der Waals surface area contributed by atoms with Gasteiger partial charge in [-0.05, 0) is 61.7 Å². The van der Waals surface area contributed by atoms with E-state index in [-0.39, 0.29) is 29.4 Å². The second-order valence-electron chi connectivity index (χ2n) is 8.07. The van der Waals surface area contributed by atoms with Crippen LogP contribution in [0.3, 0.4) is 0 Å². The van der Waals surface area contributed by atoms with Crippen LogP contribution < -0.4 is 0 Å². The SMILES string of the molecule is O=C(c1cccc(F)c1F)N1C[C@H](c2ccc(F)cc2)[C@H]2[C@@H]1C1CCN2CC1. The first-order chi connectivity index (χ1) is 13.5. The number of hydrogen-bond acceptors (Lipinski definition) is 2. The van der Waals surface area contributed by atoms with Crippen molar-refractivity contribution in [2.45, 2.75) is 30.8 Å². The monoisotopic (exact) mass is 386 g/mol. The van der Waals surface area contributed by atoms with Crippen LogP contribution in [-0.2, 0) is 0 Å². The Morgan fingerprint density at radius 3 is 2.36 bits per heavy atom. The molecule has 146 valence electrons. The van der Waals surface area contributed by atoms with Gasteiger partial charge in [-0.3, -0.25) is 9.69 Å². The molecule has 4 aliphatic rings. The third-order valence-electron chi connectivity index (χ3n) is 6.74. The summed E-state index contributed by atoms with van der Waals surface area (Å²) in [7, 11) is 0. The molecule has 28 heavy (non-hydrogen) atoms. The van der Waals surface area contributed by atoms with Crippen molar-refractivity contribution in [2.24, 2.45) is 5.92 Å². The number of rotatable bonds is 2. The number of benzene rings is 2. The summed E-state index contributed by atoms with van der Waals surface area (Å²) in [5.41, 5.74) is 0.772. The van der Waals surface area contributed by atoms with Crippen LogP contribution in [0, 0.1) is 23.4 Å². The van der Waals surface area contributed by atoms with Crippen molar-refractivity contribution in [1.29, 1.82) is 0 Å². The molecule has 0 aliphatic carbocycles. The van der Waals surface area contributed by atoms with Crippen molar-refractivity contribution < 1.29 is 18.0 Å². The molecule has 0 N–H and O–H groups in total. The molecule has 4 heterocycles. The minimum Gasteiger partial charge on any atom is -0.333 e. The number of carbonyl (C=O) groups is 1. The van der Waals surface area contributed by atoms with E-state index in [9.17, 15) is 18.0 Å². The number of hydrogen-bond donors (Lipinski definition) is 0. The molecule has 4 aliphatic heterocycles. The van der Waals surface area contributed by atoms with Gasteiger partial charge in [0, 0.05) is 18.5 Å². The largest absolute Gasteiger partial charge is 0.333 e. The van der Waals surface area contributed by atoms with Gasteiger partial charge in [-0.15, -0.1) is 0 Å². The zero-order valence-electron chi connectivity index (χ0n) is 15.3. The number of piperidine rings is 3. The summed E-state index contributed by atoms with van der Waals surface area (Å²) in [4.78, 5) is 17.4. The fraction of sp³-hybridized carbons (Fsp3) is 0.409. The summed E-state index contributed by atoms with van der Waals surface area (Å²) in [6.07, 6.45) is 2.01. The van der Waals surface area contributed by atoms with Gasteiger partial charge in [0.05, 0.1) is 11.6 Å².